The summed E-state index contributed by atoms with van der Waals surface area (Å²) in [6.07, 6.45) is 0.659. The maximum absolute atomic E-state index is 13.3. The van der Waals surface area contributed by atoms with Gasteiger partial charge in [-0.25, -0.2) is 8.42 Å². The molecule has 0 radical (unpaired) electrons. The van der Waals surface area contributed by atoms with Crippen LogP contribution in [0.25, 0.3) is 0 Å². The van der Waals surface area contributed by atoms with Gasteiger partial charge in [0.25, 0.3) is 0 Å². The van der Waals surface area contributed by atoms with Crippen LogP contribution in [-0.2, 0) is 19.6 Å². The summed E-state index contributed by atoms with van der Waals surface area (Å²) >= 11 is 0. The Hall–Kier alpha value is -2.22. The number of hydrogen-bond acceptors (Lipinski definition) is 4. The third-order valence-corrected chi connectivity index (χ3v) is 8.09. The van der Waals surface area contributed by atoms with Gasteiger partial charge in [-0.15, -0.1) is 0 Å². The molecule has 0 aliphatic carbocycles. The molecule has 3 heterocycles. The lowest BCUT2D eigenvalue weighted by Crippen LogP contribution is -2.49. The van der Waals surface area contributed by atoms with Crippen LogP contribution < -0.4 is 0 Å². The van der Waals surface area contributed by atoms with Crippen LogP contribution in [-0.4, -0.2) is 48.4 Å². The summed E-state index contributed by atoms with van der Waals surface area (Å²) < 4.78 is 34.3. The first-order valence-electron chi connectivity index (χ1n) is 9.53. The molecule has 5 rings (SSSR count). The van der Waals surface area contributed by atoms with Crippen molar-refractivity contribution < 1.29 is 17.9 Å². The lowest BCUT2D eigenvalue weighted by molar-refractivity contribution is -0.138. The van der Waals surface area contributed by atoms with Gasteiger partial charge in [0.1, 0.15) is 0 Å². The van der Waals surface area contributed by atoms with E-state index in [2.05, 4.69) is 0 Å². The maximum atomic E-state index is 13.3. The summed E-state index contributed by atoms with van der Waals surface area (Å²) in [7, 11) is -3.69. The van der Waals surface area contributed by atoms with E-state index in [1.165, 1.54) is 4.31 Å². The van der Waals surface area contributed by atoms with Crippen LogP contribution in [0.15, 0.2) is 59.5 Å². The highest BCUT2D eigenvalue weighted by Crippen LogP contribution is 2.52. The zero-order valence-electron chi connectivity index (χ0n) is 15.6. The molecule has 0 unspecified atom stereocenters. The predicted octanol–water partition coefficient (Wildman–Crippen LogP) is 2.46. The Morgan fingerprint density at radius 3 is 2.64 bits per heavy atom. The molecule has 0 saturated carbocycles. The highest BCUT2D eigenvalue weighted by Gasteiger charge is 2.66. The molecule has 3 aliphatic rings. The Morgan fingerprint density at radius 1 is 1.11 bits per heavy atom. The number of sulfonamides is 1. The molecule has 3 fully saturated rings. The Balaban J connectivity index is 1.51. The number of ether oxygens (including phenoxy) is 1. The van der Waals surface area contributed by atoms with Crippen LogP contribution >= 0.6 is 0 Å². The van der Waals surface area contributed by atoms with Gasteiger partial charge < -0.3 is 9.64 Å². The smallest absolute Gasteiger partial charge is 0.243 e. The van der Waals surface area contributed by atoms with Crippen molar-refractivity contribution in [2.75, 3.05) is 13.2 Å². The standard InChI is InChI=1S/C21H22N2O4S/c1-15-6-5-9-17(12-15)28(25,26)22-11-10-21-19(22)13-20(24)23(21)18(14-27-21)16-7-3-2-4-8-16/h2-9,12,18-19H,10-11,13-14H2,1H3/t18-,19+,21-/m0/s1. The number of carbonyl (C=O) groups is 1. The lowest BCUT2D eigenvalue weighted by atomic mass is 10.0. The number of rotatable bonds is 3. The summed E-state index contributed by atoms with van der Waals surface area (Å²) in [6, 6.07) is 16.1. The van der Waals surface area contributed by atoms with Crippen LogP contribution in [0.1, 0.15) is 30.0 Å². The lowest BCUT2D eigenvalue weighted by Gasteiger charge is -2.33. The van der Waals surface area contributed by atoms with Gasteiger partial charge in [-0.2, -0.15) is 4.31 Å². The van der Waals surface area contributed by atoms with Crippen LogP contribution in [0.3, 0.4) is 0 Å². The number of aryl methyl sites for hydroxylation is 1. The second kappa shape index (κ2) is 6.14. The molecule has 3 atom stereocenters. The first-order chi connectivity index (χ1) is 13.4. The molecule has 146 valence electrons. The van der Waals surface area contributed by atoms with E-state index in [9.17, 15) is 13.2 Å². The zero-order valence-corrected chi connectivity index (χ0v) is 16.4. The second-order valence-corrected chi connectivity index (χ2v) is 9.64. The third-order valence-electron chi connectivity index (χ3n) is 6.19. The quantitative estimate of drug-likeness (QED) is 0.797. The van der Waals surface area contributed by atoms with Gasteiger partial charge >= 0.3 is 0 Å². The molecule has 2 aromatic rings. The van der Waals surface area contributed by atoms with Crippen molar-refractivity contribution in [1.29, 1.82) is 0 Å². The van der Waals surface area contributed by atoms with Gasteiger partial charge in [-0.3, -0.25) is 4.79 Å². The molecule has 1 spiro atoms. The molecule has 3 aliphatic heterocycles. The van der Waals surface area contributed by atoms with E-state index in [-0.39, 0.29) is 23.3 Å². The van der Waals surface area contributed by atoms with E-state index in [4.69, 9.17) is 4.74 Å². The normalized spacial score (nSPS) is 29.9. The van der Waals surface area contributed by atoms with Gasteiger partial charge in [0.2, 0.25) is 15.9 Å². The van der Waals surface area contributed by atoms with Gasteiger partial charge in [-0.1, -0.05) is 42.5 Å². The molecule has 28 heavy (non-hydrogen) atoms. The van der Waals surface area contributed by atoms with Crippen molar-refractivity contribution in [3.05, 3.63) is 65.7 Å². The minimum Gasteiger partial charge on any atom is -0.351 e. The zero-order chi connectivity index (χ0) is 19.5. The largest absolute Gasteiger partial charge is 0.351 e. The Labute approximate surface area is 164 Å². The van der Waals surface area contributed by atoms with Crippen molar-refractivity contribution in [2.24, 2.45) is 0 Å². The average molecular weight is 398 g/mol. The molecule has 2 aromatic carbocycles. The molecule has 7 heteroatoms. The third kappa shape index (κ3) is 2.40. The monoisotopic (exact) mass is 398 g/mol. The van der Waals surface area contributed by atoms with Gasteiger partial charge in [0.15, 0.2) is 5.72 Å². The van der Waals surface area contributed by atoms with E-state index in [0.29, 0.717) is 19.6 Å². The molecule has 0 bridgehead atoms. The molecular weight excluding hydrogens is 376 g/mol. The highest BCUT2D eigenvalue weighted by molar-refractivity contribution is 7.89. The molecule has 0 N–H and O–H groups in total. The van der Waals surface area contributed by atoms with E-state index in [0.717, 1.165) is 11.1 Å². The number of hydrogen-bond donors (Lipinski definition) is 0. The minimum absolute atomic E-state index is 0.0412. The summed E-state index contributed by atoms with van der Waals surface area (Å²) in [4.78, 5) is 15.0. The van der Waals surface area contributed by atoms with Crippen molar-refractivity contribution in [3.63, 3.8) is 0 Å². The molecule has 3 saturated heterocycles. The van der Waals surface area contributed by atoms with E-state index < -0.39 is 21.8 Å². The van der Waals surface area contributed by atoms with Crippen LogP contribution in [0, 0.1) is 6.92 Å². The van der Waals surface area contributed by atoms with E-state index in [1.807, 2.05) is 43.3 Å². The van der Waals surface area contributed by atoms with Gasteiger partial charge in [0.05, 0.1) is 23.6 Å². The fraction of sp³-hybridized carbons (Fsp3) is 0.381. The molecule has 1 amide bonds. The number of nitrogens with zero attached hydrogens (tertiary/aromatic N) is 2. The van der Waals surface area contributed by atoms with Crippen molar-refractivity contribution >= 4 is 15.9 Å². The molecule has 6 nitrogen and oxygen atoms in total. The summed E-state index contributed by atoms with van der Waals surface area (Å²) in [5.74, 6) is -0.0412. The van der Waals surface area contributed by atoms with Crippen molar-refractivity contribution in [1.82, 2.24) is 9.21 Å². The first kappa shape index (κ1) is 17.8. The fourth-order valence-electron chi connectivity index (χ4n) is 4.93. The summed E-state index contributed by atoms with van der Waals surface area (Å²) in [6.45, 7) is 2.62. The van der Waals surface area contributed by atoms with E-state index in [1.54, 1.807) is 23.1 Å². The van der Waals surface area contributed by atoms with Crippen LogP contribution in [0.2, 0.25) is 0 Å². The first-order valence-corrected chi connectivity index (χ1v) is 11.0. The SMILES string of the molecule is Cc1cccc(S(=O)(=O)N2CC[C@@]34OC[C@@H](c5ccccc5)N3C(=O)C[C@@H]24)c1. The maximum Gasteiger partial charge on any atom is 0.243 e. The van der Waals surface area contributed by atoms with Crippen LogP contribution in [0.5, 0.6) is 0 Å². The van der Waals surface area contributed by atoms with Crippen molar-refractivity contribution in [3.8, 4) is 0 Å². The Morgan fingerprint density at radius 2 is 1.89 bits per heavy atom. The number of benzene rings is 2. The highest BCUT2D eigenvalue weighted by atomic mass is 32.2. The summed E-state index contributed by atoms with van der Waals surface area (Å²) in [5.41, 5.74) is 1.06. The Bertz CT molecular complexity index is 1040. The second-order valence-electron chi connectivity index (χ2n) is 7.75. The predicted molar refractivity (Wildman–Crippen MR) is 103 cm³/mol. The van der Waals surface area contributed by atoms with Crippen LogP contribution in [0.4, 0.5) is 0 Å². The average Bonchev–Trinajstić information content (AvgIpc) is 3.31. The van der Waals surface area contributed by atoms with Gasteiger partial charge in [0, 0.05) is 19.4 Å². The molecule has 0 aromatic heterocycles. The number of carbonyl (C=O) groups excluding carboxylic acids is 1. The number of amides is 1. The Kier molecular flexibility index (Phi) is 3.91. The van der Waals surface area contributed by atoms with Gasteiger partial charge in [-0.05, 0) is 30.2 Å². The molecular formula is C21H22N2O4S. The topological polar surface area (TPSA) is 66.9 Å². The van der Waals surface area contributed by atoms with E-state index >= 15 is 0 Å². The minimum atomic E-state index is -3.69. The summed E-state index contributed by atoms with van der Waals surface area (Å²) in [5, 5.41) is 0. The van der Waals surface area contributed by atoms with Crippen molar-refractivity contribution in [2.45, 2.75) is 42.5 Å². The fourth-order valence-corrected chi connectivity index (χ4v) is 6.69.